The van der Waals surface area contributed by atoms with Gasteiger partial charge < -0.3 is 37.1 Å². The van der Waals surface area contributed by atoms with Crippen LogP contribution >= 0.6 is 0 Å². The molecule has 1 aliphatic heterocycles. The second-order valence-electron chi connectivity index (χ2n) is 9.66. The van der Waals surface area contributed by atoms with Gasteiger partial charge in [-0.15, -0.1) is 0 Å². The van der Waals surface area contributed by atoms with Crippen LogP contribution < -0.4 is 22.1 Å². The first kappa shape index (κ1) is 27.7. The van der Waals surface area contributed by atoms with Gasteiger partial charge in [-0.25, -0.2) is 4.79 Å². The molecular weight excluding hydrogens is 480 g/mol. The summed E-state index contributed by atoms with van der Waals surface area (Å²) in [4.78, 5) is 66.7. The van der Waals surface area contributed by atoms with Gasteiger partial charge in [0.25, 0.3) is 0 Å². The Morgan fingerprint density at radius 2 is 1.84 bits per heavy atom. The molecule has 37 heavy (non-hydrogen) atoms. The van der Waals surface area contributed by atoms with E-state index in [9.17, 15) is 29.1 Å². The number of aromatic nitrogens is 1. The number of para-hydroxylation sites is 1. The standard InChI is InChI=1S/C25H34N6O6/c1-13(2)21(24(35)31-9-5-8-19(31)25(36)37)30-23(34)18(29-22(33)16(26)11-20(27)32)10-14-12-28-17-7-4-3-6-15(14)17/h3-4,6-7,12-13,16,18-19,21,28H,5,8-11,26H2,1-2H3,(H2,27,32)(H,29,33)(H,30,34)(H,36,37). The molecule has 1 aromatic carbocycles. The Morgan fingerprint density at radius 1 is 1.14 bits per heavy atom. The molecule has 4 unspecified atom stereocenters. The summed E-state index contributed by atoms with van der Waals surface area (Å²) in [5.74, 6) is -4.07. The molecule has 1 aromatic heterocycles. The van der Waals surface area contributed by atoms with Gasteiger partial charge in [0.05, 0.1) is 12.5 Å². The lowest BCUT2D eigenvalue weighted by atomic mass is 9.99. The highest BCUT2D eigenvalue weighted by molar-refractivity contribution is 5.96. The zero-order chi connectivity index (χ0) is 27.3. The number of hydrogen-bond donors (Lipinski definition) is 6. The van der Waals surface area contributed by atoms with Crippen molar-refractivity contribution in [1.82, 2.24) is 20.5 Å². The van der Waals surface area contributed by atoms with Gasteiger partial charge in [-0.2, -0.15) is 0 Å². The van der Waals surface area contributed by atoms with Gasteiger partial charge >= 0.3 is 5.97 Å². The Morgan fingerprint density at radius 3 is 2.49 bits per heavy atom. The molecule has 0 aliphatic carbocycles. The van der Waals surface area contributed by atoms with Crippen LogP contribution in [0, 0.1) is 5.92 Å². The topological polar surface area (TPSA) is 201 Å². The smallest absolute Gasteiger partial charge is 0.326 e. The summed E-state index contributed by atoms with van der Waals surface area (Å²) < 4.78 is 0. The molecular formula is C25H34N6O6. The number of hydrogen-bond acceptors (Lipinski definition) is 6. The van der Waals surface area contributed by atoms with E-state index in [1.807, 2.05) is 24.3 Å². The zero-order valence-corrected chi connectivity index (χ0v) is 20.9. The number of fused-ring (bicyclic) bond motifs is 1. The van der Waals surface area contributed by atoms with Crippen molar-refractivity contribution in [3.05, 3.63) is 36.0 Å². The molecule has 3 rings (SSSR count). The van der Waals surface area contributed by atoms with Crippen LogP contribution in [-0.2, 0) is 30.4 Å². The minimum Gasteiger partial charge on any atom is -0.480 e. The number of amides is 4. The van der Waals surface area contributed by atoms with Crippen LogP contribution in [0.2, 0.25) is 0 Å². The number of rotatable bonds is 11. The maximum absolute atomic E-state index is 13.5. The first-order valence-corrected chi connectivity index (χ1v) is 12.2. The molecule has 2 aromatic rings. The van der Waals surface area contributed by atoms with Crippen molar-refractivity contribution in [1.29, 1.82) is 0 Å². The number of H-pyrrole nitrogens is 1. The number of aliphatic carboxylic acids is 1. The van der Waals surface area contributed by atoms with E-state index in [1.54, 1.807) is 20.0 Å². The molecule has 0 saturated carbocycles. The maximum Gasteiger partial charge on any atom is 0.326 e. The normalized spacial score (nSPS) is 17.8. The zero-order valence-electron chi connectivity index (χ0n) is 20.9. The predicted octanol–water partition coefficient (Wildman–Crippen LogP) is -0.386. The number of benzene rings is 1. The number of likely N-dealkylation sites (tertiary alicyclic amines) is 1. The lowest BCUT2D eigenvalue weighted by Gasteiger charge is -2.30. The number of carbonyl (C=O) groups excluding carboxylic acids is 4. The van der Waals surface area contributed by atoms with Gasteiger partial charge in [-0.05, 0) is 30.4 Å². The molecule has 12 nitrogen and oxygen atoms in total. The maximum atomic E-state index is 13.5. The van der Waals surface area contributed by atoms with E-state index in [1.165, 1.54) is 4.90 Å². The second kappa shape index (κ2) is 11.9. The third-order valence-corrected chi connectivity index (χ3v) is 6.54. The second-order valence-corrected chi connectivity index (χ2v) is 9.66. The molecule has 0 radical (unpaired) electrons. The van der Waals surface area contributed by atoms with Crippen molar-refractivity contribution in [3.8, 4) is 0 Å². The number of primary amides is 1. The van der Waals surface area contributed by atoms with E-state index in [-0.39, 0.29) is 18.9 Å². The summed E-state index contributed by atoms with van der Waals surface area (Å²) in [5.41, 5.74) is 12.5. The Balaban J connectivity index is 1.84. The molecule has 12 heteroatoms. The van der Waals surface area contributed by atoms with Crippen LogP contribution in [0.1, 0.15) is 38.7 Å². The first-order chi connectivity index (χ1) is 17.5. The van der Waals surface area contributed by atoms with E-state index in [2.05, 4.69) is 15.6 Å². The van der Waals surface area contributed by atoms with Crippen LogP contribution in [0.25, 0.3) is 10.9 Å². The van der Waals surface area contributed by atoms with Crippen LogP contribution in [0.15, 0.2) is 30.5 Å². The van der Waals surface area contributed by atoms with Crippen LogP contribution in [0.4, 0.5) is 0 Å². The quantitative estimate of drug-likeness (QED) is 0.234. The minimum atomic E-state index is -1.25. The molecule has 4 amide bonds. The van der Waals surface area contributed by atoms with E-state index >= 15 is 0 Å². The minimum absolute atomic E-state index is 0.0748. The third-order valence-electron chi connectivity index (χ3n) is 6.54. The number of aromatic amines is 1. The lowest BCUT2D eigenvalue weighted by Crippen LogP contribution is -2.59. The van der Waals surface area contributed by atoms with E-state index in [0.29, 0.717) is 12.8 Å². The largest absolute Gasteiger partial charge is 0.480 e. The third kappa shape index (κ3) is 6.64. The van der Waals surface area contributed by atoms with Gasteiger partial charge in [0.15, 0.2) is 0 Å². The van der Waals surface area contributed by atoms with Crippen molar-refractivity contribution in [2.24, 2.45) is 17.4 Å². The summed E-state index contributed by atoms with van der Waals surface area (Å²) in [6, 6.07) is 3.12. The average Bonchev–Trinajstić information content (AvgIpc) is 3.48. The fraction of sp³-hybridized carbons (Fsp3) is 0.480. The van der Waals surface area contributed by atoms with Crippen molar-refractivity contribution < 1.29 is 29.1 Å². The molecule has 8 N–H and O–H groups in total. The number of nitrogens with one attached hydrogen (secondary N) is 3. The lowest BCUT2D eigenvalue weighted by molar-refractivity contribution is -0.150. The highest BCUT2D eigenvalue weighted by Crippen LogP contribution is 2.22. The summed E-state index contributed by atoms with van der Waals surface area (Å²) in [5, 5.41) is 15.7. The van der Waals surface area contributed by atoms with E-state index in [0.717, 1.165) is 16.5 Å². The van der Waals surface area contributed by atoms with Crippen molar-refractivity contribution in [3.63, 3.8) is 0 Å². The molecule has 1 saturated heterocycles. The molecule has 0 spiro atoms. The molecule has 0 bridgehead atoms. The summed E-state index contributed by atoms with van der Waals surface area (Å²) in [7, 11) is 0. The Bertz CT molecular complexity index is 1180. The fourth-order valence-electron chi connectivity index (χ4n) is 4.55. The Hall–Kier alpha value is -3.93. The molecule has 1 aliphatic rings. The summed E-state index contributed by atoms with van der Waals surface area (Å²) >= 11 is 0. The van der Waals surface area contributed by atoms with Gasteiger partial charge in [0.2, 0.25) is 23.6 Å². The monoisotopic (exact) mass is 514 g/mol. The molecule has 4 atom stereocenters. The average molecular weight is 515 g/mol. The molecule has 1 fully saturated rings. The number of nitrogens with zero attached hydrogens (tertiary/aromatic N) is 1. The first-order valence-electron chi connectivity index (χ1n) is 12.2. The Kier molecular flexibility index (Phi) is 8.87. The van der Waals surface area contributed by atoms with Crippen LogP contribution in [0.3, 0.4) is 0 Å². The van der Waals surface area contributed by atoms with Crippen molar-refractivity contribution in [2.45, 2.75) is 63.7 Å². The SMILES string of the molecule is CC(C)C(NC(=O)C(Cc1c[nH]c2ccccc12)NC(=O)C(N)CC(N)=O)C(=O)N1CCCC1C(=O)O. The summed E-state index contributed by atoms with van der Waals surface area (Å²) in [6.45, 7) is 3.77. The van der Waals surface area contributed by atoms with Gasteiger partial charge in [-0.1, -0.05) is 32.0 Å². The van der Waals surface area contributed by atoms with Gasteiger partial charge in [-0.3, -0.25) is 19.2 Å². The molecule has 2 heterocycles. The van der Waals surface area contributed by atoms with Gasteiger partial charge in [0.1, 0.15) is 18.1 Å². The van der Waals surface area contributed by atoms with Crippen molar-refractivity contribution in [2.75, 3.05) is 6.54 Å². The number of carboxylic acid groups (broad SMARTS) is 1. The predicted molar refractivity (Wildman–Crippen MR) is 135 cm³/mol. The van der Waals surface area contributed by atoms with E-state index in [4.69, 9.17) is 11.5 Å². The fourth-order valence-corrected chi connectivity index (χ4v) is 4.55. The highest BCUT2D eigenvalue weighted by Gasteiger charge is 2.39. The number of nitrogens with two attached hydrogens (primary N) is 2. The highest BCUT2D eigenvalue weighted by atomic mass is 16.4. The number of carboxylic acids is 1. The summed E-state index contributed by atoms with van der Waals surface area (Å²) in [6.07, 6.45) is 2.31. The van der Waals surface area contributed by atoms with E-state index < -0.39 is 60.2 Å². The Labute approximate surface area is 214 Å². The van der Waals surface area contributed by atoms with Crippen molar-refractivity contribution >= 4 is 40.5 Å². The van der Waals surface area contributed by atoms with Crippen LogP contribution in [-0.4, -0.2) is 75.3 Å². The van der Waals surface area contributed by atoms with Crippen LogP contribution in [0.5, 0.6) is 0 Å². The van der Waals surface area contributed by atoms with Gasteiger partial charge in [0, 0.05) is 30.1 Å². The number of carbonyl (C=O) groups is 5. The molecule has 200 valence electrons.